The zero-order valence-electron chi connectivity index (χ0n) is 13.4. The van der Waals surface area contributed by atoms with Crippen LogP contribution in [0.1, 0.15) is 50.9 Å². The largest absolute Gasteiger partial charge is 0.464 e. The molecule has 0 aliphatic heterocycles. The number of furan rings is 1. The van der Waals surface area contributed by atoms with Crippen LogP contribution in [0.25, 0.3) is 11.0 Å². The fourth-order valence-corrected chi connectivity index (χ4v) is 2.61. The second-order valence-corrected chi connectivity index (χ2v) is 6.94. The molecule has 3 aromatic rings. The molecule has 0 saturated carbocycles. The molecule has 22 heavy (non-hydrogen) atoms. The van der Waals surface area contributed by atoms with Crippen molar-refractivity contribution in [3.63, 3.8) is 0 Å². The van der Waals surface area contributed by atoms with Crippen molar-refractivity contribution in [2.75, 3.05) is 0 Å². The first-order valence-electron chi connectivity index (χ1n) is 7.78. The summed E-state index contributed by atoms with van der Waals surface area (Å²) in [7, 11) is 0. The van der Waals surface area contributed by atoms with E-state index in [0.717, 1.165) is 41.6 Å². The molecule has 0 aliphatic rings. The Morgan fingerprint density at radius 2 is 2.00 bits per heavy atom. The Morgan fingerprint density at radius 1 is 1.14 bits per heavy atom. The van der Waals surface area contributed by atoms with Crippen molar-refractivity contribution in [1.82, 2.24) is 10.1 Å². The first kappa shape index (κ1) is 14.8. The first-order valence-corrected chi connectivity index (χ1v) is 7.78. The van der Waals surface area contributed by atoms with Crippen LogP contribution < -0.4 is 0 Å². The molecule has 2 heterocycles. The van der Waals surface area contributed by atoms with Crippen LogP contribution in [0.3, 0.4) is 0 Å². The normalized spacial score (nSPS) is 12.1. The van der Waals surface area contributed by atoms with Crippen LogP contribution >= 0.6 is 0 Å². The van der Waals surface area contributed by atoms with Crippen molar-refractivity contribution in [2.24, 2.45) is 5.41 Å². The van der Waals surface area contributed by atoms with Crippen molar-refractivity contribution in [3.05, 3.63) is 47.8 Å². The summed E-state index contributed by atoms with van der Waals surface area (Å²) >= 11 is 0. The summed E-state index contributed by atoms with van der Waals surface area (Å²) in [5.74, 6) is 1.47. The third-order valence-electron chi connectivity index (χ3n) is 3.77. The molecule has 0 saturated heterocycles. The van der Waals surface area contributed by atoms with E-state index in [1.54, 1.807) is 6.26 Å². The lowest BCUT2D eigenvalue weighted by Crippen LogP contribution is -2.05. The quantitative estimate of drug-likeness (QED) is 0.680. The van der Waals surface area contributed by atoms with Crippen molar-refractivity contribution in [3.8, 4) is 0 Å². The van der Waals surface area contributed by atoms with Gasteiger partial charge in [-0.15, -0.1) is 0 Å². The molecule has 2 aromatic heterocycles. The van der Waals surface area contributed by atoms with Crippen LogP contribution in [-0.2, 0) is 12.8 Å². The van der Waals surface area contributed by atoms with Gasteiger partial charge in [-0.1, -0.05) is 38.1 Å². The monoisotopic (exact) mass is 298 g/mol. The lowest BCUT2D eigenvalue weighted by molar-refractivity contribution is 0.357. The molecule has 3 rings (SSSR count). The van der Waals surface area contributed by atoms with Crippen LogP contribution in [0.5, 0.6) is 0 Å². The number of benzene rings is 1. The van der Waals surface area contributed by atoms with Crippen LogP contribution in [0.15, 0.2) is 39.5 Å². The van der Waals surface area contributed by atoms with Crippen molar-refractivity contribution in [2.45, 2.75) is 46.5 Å². The summed E-state index contributed by atoms with van der Waals surface area (Å²) in [6, 6.07) is 8.00. The van der Waals surface area contributed by atoms with Gasteiger partial charge >= 0.3 is 0 Å². The van der Waals surface area contributed by atoms with E-state index < -0.39 is 0 Å². The fraction of sp³-hybridized carbons (Fsp3) is 0.444. The fourth-order valence-electron chi connectivity index (χ4n) is 2.61. The van der Waals surface area contributed by atoms with E-state index in [1.807, 2.05) is 18.2 Å². The molecule has 0 N–H and O–H groups in total. The molecular weight excluding hydrogens is 276 g/mol. The summed E-state index contributed by atoms with van der Waals surface area (Å²) in [4.78, 5) is 4.51. The lowest BCUT2D eigenvalue weighted by atomic mass is 9.90. The smallest absolute Gasteiger partial charge is 0.231 e. The van der Waals surface area contributed by atoms with Crippen molar-refractivity contribution in [1.29, 1.82) is 0 Å². The number of rotatable bonds is 5. The number of aryl methyl sites for hydroxylation is 1. The zero-order valence-corrected chi connectivity index (χ0v) is 13.4. The van der Waals surface area contributed by atoms with Gasteiger partial charge < -0.3 is 8.94 Å². The van der Waals surface area contributed by atoms with Gasteiger partial charge in [0.2, 0.25) is 5.89 Å². The maximum absolute atomic E-state index is 5.42. The summed E-state index contributed by atoms with van der Waals surface area (Å²) < 4.78 is 10.8. The highest BCUT2D eigenvalue weighted by atomic mass is 16.5. The Kier molecular flexibility index (Phi) is 4.01. The second kappa shape index (κ2) is 5.95. The minimum atomic E-state index is 0.351. The minimum Gasteiger partial charge on any atom is -0.464 e. The van der Waals surface area contributed by atoms with E-state index >= 15 is 0 Å². The molecule has 0 radical (unpaired) electrons. The maximum atomic E-state index is 5.42. The van der Waals surface area contributed by atoms with Gasteiger partial charge in [0, 0.05) is 11.8 Å². The average Bonchev–Trinajstić information content (AvgIpc) is 3.07. The van der Waals surface area contributed by atoms with Gasteiger partial charge in [0.1, 0.15) is 5.58 Å². The van der Waals surface area contributed by atoms with Gasteiger partial charge in [0.15, 0.2) is 5.82 Å². The standard InChI is InChI=1S/C18H22N2O2/c1-18(2,3)10-5-8-16-19-17(22-20-16)12-13-6-4-7-15-14(13)9-11-21-15/h4,6-7,9,11H,5,8,10,12H2,1-3H3. The highest BCUT2D eigenvalue weighted by molar-refractivity contribution is 5.81. The molecule has 0 unspecified atom stereocenters. The zero-order chi connectivity index (χ0) is 15.6. The summed E-state index contributed by atoms with van der Waals surface area (Å²) in [6.07, 6.45) is 5.46. The van der Waals surface area contributed by atoms with Gasteiger partial charge in [-0.25, -0.2) is 0 Å². The topological polar surface area (TPSA) is 52.1 Å². The average molecular weight is 298 g/mol. The van der Waals surface area contributed by atoms with Gasteiger partial charge in [-0.2, -0.15) is 4.98 Å². The number of aromatic nitrogens is 2. The van der Waals surface area contributed by atoms with E-state index in [0.29, 0.717) is 17.7 Å². The first-order chi connectivity index (χ1) is 10.5. The summed E-state index contributed by atoms with van der Waals surface area (Å²) in [6.45, 7) is 6.75. The van der Waals surface area contributed by atoms with E-state index in [4.69, 9.17) is 8.94 Å². The highest BCUT2D eigenvalue weighted by Gasteiger charge is 2.13. The van der Waals surface area contributed by atoms with Gasteiger partial charge in [0.25, 0.3) is 0 Å². The number of fused-ring (bicyclic) bond motifs is 1. The van der Waals surface area contributed by atoms with Crippen LogP contribution in [0, 0.1) is 5.41 Å². The molecule has 0 amide bonds. The Balaban J connectivity index is 1.66. The molecular formula is C18H22N2O2. The molecule has 0 spiro atoms. The molecule has 116 valence electrons. The number of nitrogens with zero attached hydrogens (tertiary/aromatic N) is 2. The minimum absolute atomic E-state index is 0.351. The van der Waals surface area contributed by atoms with Gasteiger partial charge in [0.05, 0.1) is 12.7 Å². The Morgan fingerprint density at radius 3 is 2.82 bits per heavy atom. The molecule has 0 aliphatic carbocycles. The maximum Gasteiger partial charge on any atom is 0.231 e. The van der Waals surface area contributed by atoms with Gasteiger partial charge in [-0.3, -0.25) is 0 Å². The predicted molar refractivity (Wildman–Crippen MR) is 85.7 cm³/mol. The lowest BCUT2D eigenvalue weighted by Gasteiger charge is -2.16. The Hall–Kier alpha value is -2.10. The number of hydrogen-bond acceptors (Lipinski definition) is 4. The van der Waals surface area contributed by atoms with Crippen LogP contribution in [-0.4, -0.2) is 10.1 Å². The Bertz CT molecular complexity index is 750. The molecule has 4 heteroatoms. The van der Waals surface area contributed by atoms with E-state index in [9.17, 15) is 0 Å². The van der Waals surface area contributed by atoms with E-state index in [2.05, 4.69) is 37.0 Å². The van der Waals surface area contributed by atoms with Gasteiger partial charge in [-0.05, 0) is 36.0 Å². The molecule has 0 bridgehead atoms. The summed E-state index contributed by atoms with van der Waals surface area (Å²) in [5.41, 5.74) is 2.39. The summed E-state index contributed by atoms with van der Waals surface area (Å²) in [5, 5.41) is 5.20. The van der Waals surface area contributed by atoms with Crippen molar-refractivity contribution < 1.29 is 8.94 Å². The van der Waals surface area contributed by atoms with Crippen LogP contribution in [0.4, 0.5) is 0 Å². The predicted octanol–water partition coefficient (Wildman–Crippen LogP) is 4.78. The van der Waals surface area contributed by atoms with Crippen molar-refractivity contribution >= 4 is 11.0 Å². The van der Waals surface area contributed by atoms with E-state index in [-0.39, 0.29) is 0 Å². The number of hydrogen-bond donors (Lipinski definition) is 0. The molecule has 0 atom stereocenters. The molecule has 4 nitrogen and oxygen atoms in total. The SMILES string of the molecule is CC(C)(C)CCCc1noc(Cc2cccc3occc23)n1. The highest BCUT2D eigenvalue weighted by Crippen LogP contribution is 2.23. The third kappa shape index (κ3) is 3.56. The van der Waals surface area contributed by atoms with E-state index in [1.165, 1.54) is 0 Å². The Labute approximate surface area is 130 Å². The molecule has 0 fully saturated rings. The third-order valence-corrected chi connectivity index (χ3v) is 3.77. The second-order valence-electron chi connectivity index (χ2n) is 6.94. The van der Waals surface area contributed by atoms with Crippen LogP contribution in [0.2, 0.25) is 0 Å². The molecule has 1 aromatic carbocycles.